The number of fused-ring (bicyclic) bond motifs is 1. The molecule has 0 saturated heterocycles. The number of amides is 1. The largest absolute Gasteiger partial charge is 0.497 e. The van der Waals surface area contributed by atoms with Crippen molar-refractivity contribution in [1.29, 1.82) is 0 Å². The topological polar surface area (TPSA) is 78.5 Å². The Bertz CT molecular complexity index is 1100. The molecular weight excluding hydrogens is 382 g/mol. The zero-order valence-electron chi connectivity index (χ0n) is 16.7. The molecule has 2 aromatic heterocycles. The summed E-state index contributed by atoms with van der Waals surface area (Å²) < 4.78 is 18.3. The van der Waals surface area contributed by atoms with Crippen molar-refractivity contribution in [2.75, 3.05) is 13.7 Å². The number of aryl methyl sites for hydroxylation is 1. The Morgan fingerprint density at radius 1 is 1.07 bits per heavy atom. The summed E-state index contributed by atoms with van der Waals surface area (Å²) in [6, 6.07) is 18.8. The first-order valence-electron chi connectivity index (χ1n) is 9.77. The minimum atomic E-state index is -0.263. The molecule has 4 aromatic rings. The molecule has 0 aliphatic carbocycles. The van der Waals surface area contributed by atoms with Crippen molar-refractivity contribution in [3.63, 3.8) is 0 Å². The normalized spacial score (nSPS) is 10.8. The summed E-state index contributed by atoms with van der Waals surface area (Å²) in [6.07, 6.45) is 2.28. The van der Waals surface area contributed by atoms with E-state index in [1.54, 1.807) is 19.2 Å². The number of rotatable bonds is 9. The van der Waals surface area contributed by atoms with Crippen LogP contribution in [0.1, 0.15) is 22.8 Å². The number of furan rings is 1. The quantitative estimate of drug-likeness (QED) is 0.425. The lowest BCUT2D eigenvalue weighted by Gasteiger charge is -2.11. The van der Waals surface area contributed by atoms with E-state index >= 15 is 0 Å². The summed E-state index contributed by atoms with van der Waals surface area (Å²) in [5.41, 5.74) is 1.93. The average Bonchev–Trinajstić information content (AvgIpc) is 3.44. The maximum Gasteiger partial charge on any atom is 0.287 e. The number of nitrogens with zero attached hydrogens (tertiary/aromatic N) is 2. The maximum absolute atomic E-state index is 12.2. The number of para-hydroxylation sites is 2. The second kappa shape index (κ2) is 9.17. The van der Waals surface area contributed by atoms with Gasteiger partial charge in [-0.1, -0.05) is 12.1 Å². The molecule has 1 amide bonds. The molecule has 0 saturated carbocycles. The van der Waals surface area contributed by atoms with E-state index in [-0.39, 0.29) is 11.7 Å². The van der Waals surface area contributed by atoms with Gasteiger partial charge >= 0.3 is 0 Å². The molecular formula is C23H23N3O4. The molecule has 0 spiro atoms. The number of aromatic nitrogens is 2. The molecule has 1 N–H and O–H groups in total. The first-order valence-corrected chi connectivity index (χ1v) is 9.77. The van der Waals surface area contributed by atoms with Crippen LogP contribution in [0.25, 0.3) is 11.0 Å². The maximum atomic E-state index is 12.2. The number of methoxy groups -OCH3 is 1. The van der Waals surface area contributed by atoms with Crippen LogP contribution in [-0.4, -0.2) is 29.2 Å². The van der Waals surface area contributed by atoms with Gasteiger partial charge in [0.05, 0.1) is 37.6 Å². The van der Waals surface area contributed by atoms with Crippen LogP contribution in [0.15, 0.2) is 71.3 Å². The van der Waals surface area contributed by atoms with Gasteiger partial charge in [0.1, 0.15) is 17.3 Å². The van der Waals surface area contributed by atoms with Gasteiger partial charge in [-0.15, -0.1) is 0 Å². The number of nitrogens with one attached hydrogen (secondary N) is 1. The molecule has 0 unspecified atom stereocenters. The molecule has 0 radical (unpaired) electrons. The van der Waals surface area contributed by atoms with Crippen molar-refractivity contribution >= 4 is 16.9 Å². The van der Waals surface area contributed by atoms with Crippen LogP contribution in [0.4, 0.5) is 0 Å². The molecule has 30 heavy (non-hydrogen) atoms. The number of carbonyl (C=O) groups excluding carboxylic acids is 1. The fourth-order valence-electron chi connectivity index (χ4n) is 3.25. The summed E-state index contributed by atoms with van der Waals surface area (Å²) >= 11 is 0. The van der Waals surface area contributed by atoms with Gasteiger partial charge in [-0.2, -0.15) is 0 Å². The van der Waals surface area contributed by atoms with Crippen LogP contribution in [0, 0.1) is 0 Å². The summed E-state index contributed by atoms with van der Waals surface area (Å²) in [5.74, 6) is 2.42. The summed E-state index contributed by atoms with van der Waals surface area (Å²) in [6.45, 7) is 1.60. The molecule has 0 bridgehead atoms. The van der Waals surface area contributed by atoms with Crippen LogP contribution in [0.3, 0.4) is 0 Å². The minimum Gasteiger partial charge on any atom is -0.497 e. The van der Waals surface area contributed by atoms with Gasteiger partial charge in [0.25, 0.3) is 5.91 Å². The van der Waals surface area contributed by atoms with E-state index in [2.05, 4.69) is 14.9 Å². The van der Waals surface area contributed by atoms with E-state index in [1.807, 2.05) is 48.5 Å². The fraction of sp³-hybridized carbons (Fsp3) is 0.217. The Labute approximate surface area is 174 Å². The SMILES string of the molecule is COc1ccc(OCCCn2c(CNC(=O)c3ccco3)nc3ccccc32)cc1. The van der Waals surface area contributed by atoms with E-state index in [0.29, 0.717) is 13.2 Å². The first kappa shape index (κ1) is 19.6. The fourth-order valence-corrected chi connectivity index (χ4v) is 3.25. The van der Waals surface area contributed by atoms with E-state index in [1.165, 1.54) is 6.26 Å². The van der Waals surface area contributed by atoms with E-state index in [9.17, 15) is 4.79 Å². The van der Waals surface area contributed by atoms with Crippen molar-refractivity contribution < 1.29 is 18.7 Å². The third-order valence-electron chi connectivity index (χ3n) is 4.74. The van der Waals surface area contributed by atoms with Crippen LogP contribution in [0.2, 0.25) is 0 Å². The zero-order valence-corrected chi connectivity index (χ0v) is 16.7. The second-order valence-corrected chi connectivity index (χ2v) is 6.71. The summed E-state index contributed by atoms with van der Waals surface area (Å²) in [5, 5.41) is 2.87. The zero-order chi connectivity index (χ0) is 20.8. The lowest BCUT2D eigenvalue weighted by Crippen LogP contribution is -2.24. The van der Waals surface area contributed by atoms with Gasteiger partial charge in [-0.05, 0) is 55.0 Å². The van der Waals surface area contributed by atoms with Crippen LogP contribution >= 0.6 is 0 Å². The molecule has 4 rings (SSSR count). The molecule has 0 aliphatic heterocycles. The first-order chi connectivity index (χ1) is 14.7. The standard InChI is InChI=1S/C23H23N3O4/c1-28-17-9-11-18(12-10-17)29-15-5-13-26-20-7-3-2-6-19(20)25-22(26)16-24-23(27)21-8-4-14-30-21/h2-4,6-12,14H,5,13,15-16H2,1H3,(H,24,27). The van der Waals surface area contributed by atoms with Crippen LogP contribution in [-0.2, 0) is 13.1 Å². The molecule has 0 fully saturated rings. The van der Waals surface area contributed by atoms with Crippen LogP contribution < -0.4 is 14.8 Å². The van der Waals surface area contributed by atoms with Gasteiger partial charge in [-0.3, -0.25) is 4.79 Å². The number of carbonyl (C=O) groups is 1. The highest BCUT2D eigenvalue weighted by Gasteiger charge is 2.13. The number of hydrogen-bond donors (Lipinski definition) is 1. The van der Waals surface area contributed by atoms with E-state index in [4.69, 9.17) is 13.9 Å². The summed E-state index contributed by atoms with van der Waals surface area (Å²) in [7, 11) is 1.64. The number of benzene rings is 2. The monoisotopic (exact) mass is 405 g/mol. The van der Waals surface area contributed by atoms with Gasteiger partial charge in [-0.25, -0.2) is 4.98 Å². The molecule has 2 aromatic carbocycles. The van der Waals surface area contributed by atoms with Crippen molar-refractivity contribution in [3.05, 3.63) is 78.5 Å². The molecule has 154 valence electrons. The molecule has 0 aliphatic rings. The minimum absolute atomic E-state index is 0.263. The third-order valence-corrected chi connectivity index (χ3v) is 4.74. The van der Waals surface area contributed by atoms with Gasteiger partial charge in [0, 0.05) is 6.54 Å². The Kier molecular flexibility index (Phi) is 5.98. The van der Waals surface area contributed by atoms with Crippen LogP contribution in [0.5, 0.6) is 11.5 Å². The summed E-state index contributed by atoms with van der Waals surface area (Å²) in [4.78, 5) is 16.9. The number of ether oxygens (including phenoxy) is 2. The number of imidazole rings is 1. The van der Waals surface area contributed by atoms with Gasteiger partial charge < -0.3 is 23.8 Å². The van der Waals surface area contributed by atoms with Crippen molar-refractivity contribution in [3.8, 4) is 11.5 Å². The Hall–Kier alpha value is -3.74. The smallest absolute Gasteiger partial charge is 0.287 e. The lowest BCUT2D eigenvalue weighted by atomic mass is 10.3. The highest BCUT2D eigenvalue weighted by Crippen LogP contribution is 2.19. The van der Waals surface area contributed by atoms with Gasteiger partial charge in [0.2, 0.25) is 0 Å². The Morgan fingerprint density at radius 3 is 2.63 bits per heavy atom. The highest BCUT2D eigenvalue weighted by molar-refractivity contribution is 5.91. The van der Waals surface area contributed by atoms with Crippen molar-refractivity contribution in [2.45, 2.75) is 19.5 Å². The highest BCUT2D eigenvalue weighted by atomic mass is 16.5. The van der Waals surface area contributed by atoms with E-state index < -0.39 is 0 Å². The molecule has 0 atom stereocenters. The molecule has 7 nitrogen and oxygen atoms in total. The number of hydrogen-bond acceptors (Lipinski definition) is 5. The predicted octanol–water partition coefficient (Wildman–Crippen LogP) is 4.04. The average molecular weight is 405 g/mol. The third kappa shape index (κ3) is 4.46. The van der Waals surface area contributed by atoms with Crippen molar-refractivity contribution in [1.82, 2.24) is 14.9 Å². The van der Waals surface area contributed by atoms with E-state index in [0.717, 1.165) is 41.3 Å². The van der Waals surface area contributed by atoms with Gasteiger partial charge in [0.15, 0.2) is 5.76 Å². The predicted molar refractivity (Wildman–Crippen MR) is 113 cm³/mol. The Morgan fingerprint density at radius 2 is 1.87 bits per heavy atom. The second-order valence-electron chi connectivity index (χ2n) is 6.71. The molecule has 2 heterocycles. The Balaban J connectivity index is 1.40. The van der Waals surface area contributed by atoms with Crippen molar-refractivity contribution in [2.24, 2.45) is 0 Å². The molecule has 7 heteroatoms. The lowest BCUT2D eigenvalue weighted by molar-refractivity contribution is 0.0921.